The number of rotatable bonds is 1. The van der Waals surface area contributed by atoms with E-state index in [4.69, 9.17) is 0 Å². The zero-order valence-corrected chi connectivity index (χ0v) is 7.07. The minimum absolute atomic E-state index is 0.0325. The lowest BCUT2D eigenvalue weighted by molar-refractivity contribution is 0.101. The Labute approximate surface area is 73.8 Å². The van der Waals surface area contributed by atoms with Crippen molar-refractivity contribution in [2.75, 3.05) is 0 Å². The molecule has 0 bridgehead atoms. The average Bonchev–Trinajstić information content (AvgIpc) is 2.46. The number of hydrogen-bond donors (Lipinski definition) is 1. The highest BCUT2D eigenvalue weighted by molar-refractivity contribution is 5.93. The fourth-order valence-electron chi connectivity index (χ4n) is 1.29. The summed E-state index contributed by atoms with van der Waals surface area (Å²) >= 11 is 0. The molecule has 2 heterocycles. The predicted molar refractivity (Wildman–Crippen MR) is 48.0 cm³/mol. The highest BCUT2D eigenvalue weighted by Crippen LogP contribution is 2.03. The molecule has 0 fully saturated rings. The maximum atomic E-state index is 11.1. The van der Waals surface area contributed by atoms with Crippen LogP contribution in [0.25, 0.3) is 5.65 Å². The Kier molecular flexibility index (Phi) is 1.55. The predicted octanol–water partition coefficient (Wildman–Crippen LogP) is 0.830. The van der Waals surface area contributed by atoms with E-state index in [1.165, 1.54) is 19.1 Å². The SMILES string of the molecule is CC(=O)c1c[nH]c2cc(=O)ccn12. The van der Waals surface area contributed by atoms with Gasteiger partial charge in [-0.05, 0) is 0 Å². The van der Waals surface area contributed by atoms with E-state index in [9.17, 15) is 9.59 Å². The van der Waals surface area contributed by atoms with Gasteiger partial charge in [0.15, 0.2) is 11.2 Å². The number of carbonyl (C=O) groups is 1. The molecule has 0 amide bonds. The molecule has 4 nitrogen and oxygen atoms in total. The number of nitrogens with one attached hydrogen (secondary N) is 1. The maximum Gasteiger partial charge on any atom is 0.183 e. The van der Waals surface area contributed by atoms with Crippen LogP contribution in [0.2, 0.25) is 0 Å². The number of carbonyl (C=O) groups excluding carboxylic acids is 1. The number of imidazole rings is 1. The third-order valence-electron chi connectivity index (χ3n) is 1.90. The summed E-state index contributed by atoms with van der Waals surface area (Å²) in [5, 5.41) is 0. The van der Waals surface area contributed by atoms with Gasteiger partial charge in [0, 0.05) is 31.5 Å². The van der Waals surface area contributed by atoms with Gasteiger partial charge in [0.2, 0.25) is 0 Å². The Bertz CT molecular complexity index is 522. The average molecular weight is 176 g/mol. The summed E-state index contributed by atoms with van der Waals surface area (Å²) in [7, 11) is 0. The molecule has 0 aromatic carbocycles. The van der Waals surface area contributed by atoms with Crippen LogP contribution >= 0.6 is 0 Å². The van der Waals surface area contributed by atoms with Gasteiger partial charge in [-0.2, -0.15) is 0 Å². The van der Waals surface area contributed by atoms with Crippen molar-refractivity contribution in [1.82, 2.24) is 9.38 Å². The minimum atomic E-state index is -0.0723. The van der Waals surface area contributed by atoms with Gasteiger partial charge in [-0.15, -0.1) is 0 Å². The summed E-state index contributed by atoms with van der Waals surface area (Å²) in [6, 6.07) is 2.87. The smallest absolute Gasteiger partial charge is 0.183 e. The minimum Gasteiger partial charge on any atom is -0.345 e. The molecule has 2 rings (SSSR count). The number of nitrogens with zero attached hydrogens (tertiary/aromatic N) is 1. The van der Waals surface area contributed by atoms with Gasteiger partial charge in [-0.3, -0.25) is 14.0 Å². The second-order valence-corrected chi connectivity index (χ2v) is 2.85. The molecule has 0 saturated carbocycles. The van der Waals surface area contributed by atoms with Gasteiger partial charge >= 0.3 is 0 Å². The first-order valence-corrected chi connectivity index (χ1v) is 3.89. The molecule has 4 heteroatoms. The van der Waals surface area contributed by atoms with Crippen molar-refractivity contribution in [3.63, 3.8) is 0 Å². The van der Waals surface area contributed by atoms with Crippen LogP contribution in [0.15, 0.2) is 29.3 Å². The zero-order chi connectivity index (χ0) is 9.42. The zero-order valence-electron chi connectivity index (χ0n) is 7.07. The van der Waals surface area contributed by atoms with Crippen molar-refractivity contribution >= 4 is 11.4 Å². The van der Waals surface area contributed by atoms with Gasteiger partial charge in [0.1, 0.15) is 11.3 Å². The molecule has 2 aromatic heterocycles. The van der Waals surface area contributed by atoms with E-state index in [2.05, 4.69) is 4.98 Å². The third-order valence-corrected chi connectivity index (χ3v) is 1.90. The monoisotopic (exact) mass is 176 g/mol. The van der Waals surface area contributed by atoms with Gasteiger partial charge in [-0.25, -0.2) is 0 Å². The maximum absolute atomic E-state index is 11.1. The van der Waals surface area contributed by atoms with E-state index in [1.54, 1.807) is 16.8 Å². The molecule has 0 aliphatic carbocycles. The van der Waals surface area contributed by atoms with E-state index in [0.717, 1.165) is 0 Å². The molecule has 0 unspecified atom stereocenters. The molecule has 0 saturated heterocycles. The Morgan fingerprint density at radius 3 is 3.00 bits per heavy atom. The molecule has 2 aromatic rings. The number of ketones is 1. The normalized spacial score (nSPS) is 10.5. The van der Waals surface area contributed by atoms with Crippen LogP contribution in [0.5, 0.6) is 0 Å². The van der Waals surface area contributed by atoms with Gasteiger partial charge < -0.3 is 4.98 Å². The van der Waals surface area contributed by atoms with Gasteiger partial charge in [-0.1, -0.05) is 0 Å². The number of fused-ring (bicyclic) bond motifs is 1. The van der Waals surface area contributed by atoms with Crippen LogP contribution in [0.3, 0.4) is 0 Å². The second kappa shape index (κ2) is 2.58. The first-order valence-electron chi connectivity index (χ1n) is 3.89. The standard InChI is InChI=1S/C9H8N2O2/c1-6(12)8-5-10-9-4-7(13)2-3-11(8)9/h2-5,10H,1H3. The summed E-state index contributed by atoms with van der Waals surface area (Å²) in [5.74, 6) is -0.0325. The molecule has 1 N–H and O–H groups in total. The van der Waals surface area contributed by atoms with Crippen LogP contribution < -0.4 is 5.43 Å². The van der Waals surface area contributed by atoms with E-state index in [-0.39, 0.29) is 11.2 Å². The lowest BCUT2D eigenvalue weighted by Crippen LogP contribution is -2.02. The topological polar surface area (TPSA) is 54.3 Å². The molecule has 0 atom stereocenters. The highest BCUT2D eigenvalue weighted by atomic mass is 16.1. The van der Waals surface area contributed by atoms with Gasteiger partial charge in [0.25, 0.3) is 0 Å². The van der Waals surface area contributed by atoms with Crippen LogP contribution in [0.1, 0.15) is 17.4 Å². The summed E-state index contributed by atoms with van der Waals surface area (Å²) in [4.78, 5) is 24.9. The third kappa shape index (κ3) is 1.16. The molecule has 0 aliphatic heterocycles. The van der Waals surface area contributed by atoms with Crippen LogP contribution in [0.4, 0.5) is 0 Å². The number of aromatic amines is 1. The van der Waals surface area contributed by atoms with Crippen molar-refractivity contribution in [3.05, 3.63) is 40.4 Å². The van der Waals surface area contributed by atoms with E-state index < -0.39 is 0 Å². The van der Waals surface area contributed by atoms with Gasteiger partial charge in [0.05, 0.1) is 0 Å². The Morgan fingerprint density at radius 1 is 1.54 bits per heavy atom. The Hall–Kier alpha value is -1.84. The lowest BCUT2D eigenvalue weighted by Gasteiger charge is -1.94. The molecule has 0 spiro atoms. The molecule has 66 valence electrons. The second-order valence-electron chi connectivity index (χ2n) is 2.85. The molecule has 0 radical (unpaired) electrons. The van der Waals surface area contributed by atoms with Crippen LogP contribution in [-0.4, -0.2) is 15.2 Å². The first kappa shape index (κ1) is 7.79. The van der Waals surface area contributed by atoms with Crippen molar-refractivity contribution in [2.45, 2.75) is 6.92 Å². The van der Waals surface area contributed by atoms with Crippen LogP contribution in [-0.2, 0) is 0 Å². The summed E-state index contributed by atoms with van der Waals surface area (Å²) in [5.41, 5.74) is 1.12. The number of pyridine rings is 1. The summed E-state index contributed by atoms with van der Waals surface area (Å²) < 4.78 is 1.66. The van der Waals surface area contributed by atoms with Crippen LogP contribution in [0, 0.1) is 0 Å². The van der Waals surface area contributed by atoms with Crippen molar-refractivity contribution in [3.8, 4) is 0 Å². The summed E-state index contributed by atoms with van der Waals surface area (Å²) in [6.07, 6.45) is 3.18. The van der Waals surface area contributed by atoms with E-state index in [0.29, 0.717) is 11.3 Å². The Balaban J connectivity index is 2.83. The number of aromatic nitrogens is 2. The Morgan fingerprint density at radius 2 is 2.31 bits per heavy atom. The fraction of sp³-hybridized carbons (Fsp3) is 0.111. The summed E-state index contributed by atoms with van der Waals surface area (Å²) in [6.45, 7) is 1.49. The highest BCUT2D eigenvalue weighted by Gasteiger charge is 2.05. The van der Waals surface area contributed by atoms with Crippen molar-refractivity contribution in [2.24, 2.45) is 0 Å². The molecular weight excluding hydrogens is 168 g/mol. The fourth-order valence-corrected chi connectivity index (χ4v) is 1.29. The quantitative estimate of drug-likeness (QED) is 0.654. The van der Waals surface area contributed by atoms with E-state index >= 15 is 0 Å². The van der Waals surface area contributed by atoms with E-state index in [1.807, 2.05) is 0 Å². The molecule has 0 aliphatic rings. The number of Topliss-reactive ketones (excluding diaryl/α,β-unsaturated/α-hetero) is 1. The van der Waals surface area contributed by atoms with Crippen molar-refractivity contribution < 1.29 is 4.79 Å². The number of H-pyrrole nitrogens is 1. The largest absolute Gasteiger partial charge is 0.345 e. The molecular formula is C9H8N2O2. The van der Waals surface area contributed by atoms with Crippen molar-refractivity contribution in [1.29, 1.82) is 0 Å². The molecule has 13 heavy (non-hydrogen) atoms. The lowest BCUT2D eigenvalue weighted by atomic mass is 10.3. The number of hydrogen-bond acceptors (Lipinski definition) is 2. The first-order chi connectivity index (χ1) is 6.18.